The van der Waals surface area contributed by atoms with Crippen LogP contribution < -0.4 is 15.1 Å². The zero-order chi connectivity index (χ0) is 21.3. The highest BCUT2D eigenvalue weighted by molar-refractivity contribution is 7.80. The number of benzene rings is 2. The second kappa shape index (κ2) is 8.38. The number of morpholine rings is 1. The molecule has 0 radical (unpaired) electrons. The maximum Gasteiger partial charge on any atom is 0.270 e. The highest BCUT2D eigenvalue weighted by atomic mass is 32.1. The Morgan fingerprint density at radius 1 is 1.03 bits per heavy atom. The molecule has 6 nitrogen and oxygen atoms in total. The minimum Gasteiger partial charge on any atom is -0.378 e. The summed E-state index contributed by atoms with van der Waals surface area (Å²) in [6, 6.07) is 13.5. The molecule has 30 heavy (non-hydrogen) atoms. The molecule has 0 saturated carbocycles. The zero-order valence-electron chi connectivity index (χ0n) is 17.0. The van der Waals surface area contributed by atoms with Crippen LogP contribution >= 0.6 is 12.2 Å². The Hall–Kier alpha value is -3.03. The number of hydrogen-bond acceptors (Lipinski definition) is 5. The molecule has 2 aromatic rings. The van der Waals surface area contributed by atoms with E-state index in [1.165, 1.54) is 4.90 Å². The van der Waals surface area contributed by atoms with Gasteiger partial charge in [-0.15, -0.1) is 0 Å². The number of para-hydroxylation sites is 1. The van der Waals surface area contributed by atoms with Gasteiger partial charge in [0, 0.05) is 18.8 Å². The molecule has 1 N–H and O–H groups in total. The molecule has 4 rings (SSSR count). The first-order chi connectivity index (χ1) is 14.5. The lowest BCUT2D eigenvalue weighted by Crippen LogP contribution is -2.54. The number of aryl methyl sites for hydroxylation is 2. The minimum atomic E-state index is -0.480. The van der Waals surface area contributed by atoms with Crippen molar-refractivity contribution in [2.24, 2.45) is 0 Å². The summed E-state index contributed by atoms with van der Waals surface area (Å²) in [6.45, 7) is 7.01. The van der Waals surface area contributed by atoms with Crippen LogP contribution in [0.25, 0.3) is 6.08 Å². The summed E-state index contributed by atoms with van der Waals surface area (Å²) < 4.78 is 5.41. The second-order valence-electron chi connectivity index (χ2n) is 7.38. The van der Waals surface area contributed by atoms with Crippen molar-refractivity contribution in [2.75, 3.05) is 36.1 Å². The number of carbonyl (C=O) groups is 2. The largest absolute Gasteiger partial charge is 0.378 e. The summed E-state index contributed by atoms with van der Waals surface area (Å²) in [4.78, 5) is 29.4. The number of carbonyl (C=O) groups excluding carboxylic acids is 2. The van der Waals surface area contributed by atoms with E-state index in [-0.39, 0.29) is 10.7 Å². The number of anilines is 2. The van der Waals surface area contributed by atoms with Crippen molar-refractivity contribution in [3.63, 3.8) is 0 Å². The van der Waals surface area contributed by atoms with Crippen molar-refractivity contribution in [3.05, 3.63) is 64.7 Å². The van der Waals surface area contributed by atoms with Crippen LogP contribution in [-0.4, -0.2) is 43.2 Å². The van der Waals surface area contributed by atoms with Crippen LogP contribution in [0.2, 0.25) is 0 Å². The summed E-state index contributed by atoms with van der Waals surface area (Å²) in [6.07, 6.45) is 1.64. The van der Waals surface area contributed by atoms with Crippen molar-refractivity contribution >= 4 is 46.6 Å². The van der Waals surface area contributed by atoms with Crippen LogP contribution in [-0.2, 0) is 14.3 Å². The molecule has 154 valence electrons. The molecule has 0 unspecified atom stereocenters. The van der Waals surface area contributed by atoms with Crippen molar-refractivity contribution in [1.29, 1.82) is 0 Å². The lowest BCUT2D eigenvalue weighted by molar-refractivity contribution is -0.122. The molecule has 2 fully saturated rings. The molecular formula is C23H23N3O3S. The van der Waals surface area contributed by atoms with Gasteiger partial charge in [0.1, 0.15) is 5.57 Å². The summed E-state index contributed by atoms with van der Waals surface area (Å²) in [5, 5.41) is 2.74. The molecule has 2 aliphatic heterocycles. The normalized spacial score (nSPS) is 18.7. The van der Waals surface area contributed by atoms with E-state index in [0.717, 1.165) is 35.5 Å². The van der Waals surface area contributed by atoms with Gasteiger partial charge in [0.15, 0.2) is 5.11 Å². The number of thiocarbonyl (C=S) groups is 1. The summed E-state index contributed by atoms with van der Waals surface area (Å²) in [5.74, 6) is -0.902. The molecule has 7 heteroatoms. The third-order valence-corrected chi connectivity index (χ3v) is 5.67. The fourth-order valence-electron chi connectivity index (χ4n) is 3.69. The quantitative estimate of drug-likeness (QED) is 0.469. The van der Waals surface area contributed by atoms with Crippen molar-refractivity contribution in [3.8, 4) is 0 Å². The predicted molar refractivity (Wildman–Crippen MR) is 122 cm³/mol. The van der Waals surface area contributed by atoms with E-state index < -0.39 is 11.8 Å². The van der Waals surface area contributed by atoms with Crippen molar-refractivity contribution in [1.82, 2.24) is 5.32 Å². The minimum absolute atomic E-state index is 0.0640. The molecular weight excluding hydrogens is 398 g/mol. The Bertz CT molecular complexity index is 1060. The first-order valence-electron chi connectivity index (χ1n) is 9.86. The fourth-order valence-corrected chi connectivity index (χ4v) is 3.96. The predicted octanol–water partition coefficient (Wildman–Crippen LogP) is 2.97. The third kappa shape index (κ3) is 3.86. The highest BCUT2D eigenvalue weighted by Crippen LogP contribution is 2.27. The molecule has 2 heterocycles. The van der Waals surface area contributed by atoms with Crippen LogP contribution in [0, 0.1) is 13.8 Å². The van der Waals surface area contributed by atoms with Crippen LogP contribution in [0.5, 0.6) is 0 Å². The molecule has 0 bridgehead atoms. The molecule has 2 aliphatic rings. The number of nitrogens with one attached hydrogen (secondary N) is 1. The molecule has 0 spiro atoms. The summed E-state index contributed by atoms with van der Waals surface area (Å²) in [5.41, 5.74) is 4.55. The van der Waals surface area contributed by atoms with E-state index in [1.54, 1.807) is 6.08 Å². The Morgan fingerprint density at radius 3 is 2.47 bits per heavy atom. The molecule has 0 aliphatic carbocycles. The van der Waals surface area contributed by atoms with E-state index in [4.69, 9.17) is 17.0 Å². The number of rotatable bonds is 3. The topological polar surface area (TPSA) is 61.9 Å². The van der Waals surface area contributed by atoms with Gasteiger partial charge in [-0.3, -0.25) is 19.8 Å². The van der Waals surface area contributed by atoms with E-state index in [1.807, 2.05) is 50.2 Å². The Balaban J connectivity index is 1.66. The lowest BCUT2D eigenvalue weighted by Gasteiger charge is -2.30. The smallest absolute Gasteiger partial charge is 0.270 e. The Labute approximate surface area is 181 Å². The van der Waals surface area contributed by atoms with Crippen LogP contribution in [0.4, 0.5) is 11.4 Å². The van der Waals surface area contributed by atoms with Crippen LogP contribution in [0.1, 0.15) is 16.7 Å². The van der Waals surface area contributed by atoms with Gasteiger partial charge in [-0.1, -0.05) is 24.3 Å². The van der Waals surface area contributed by atoms with Gasteiger partial charge in [0.2, 0.25) is 0 Å². The SMILES string of the molecule is Cc1cc(N2CCOCC2)ccc1/C=C1\C(=O)NC(=S)N(c2ccccc2C)C1=O. The standard InChI is InChI=1S/C23H23N3O3S/c1-15-5-3-4-6-20(15)26-22(28)19(21(27)24-23(26)30)14-17-7-8-18(13-16(17)2)25-9-11-29-12-10-25/h3-8,13-14H,9-12H2,1-2H3,(H,24,27,30)/b19-14+. The molecule has 2 aromatic carbocycles. The molecule has 2 amide bonds. The monoisotopic (exact) mass is 421 g/mol. The summed E-state index contributed by atoms with van der Waals surface area (Å²) >= 11 is 5.29. The zero-order valence-corrected chi connectivity index (χ0v) is 17.8. The van der Waals surface area contributed by atoms with Crippen molar-refractivity contribution in [2.45, 2.75) is 13.8 Å². The van der Waals surface area contributed by atoms with Gasteiger partial charge in [-0.2, -0.15) is 0 Å². The van der Waals surface area contributed by atoms with E-state index in [2.05, 4.69) is 16.3 Å². The number of nitrogens with zero attached hydrogens (tertiary/aromatic N) is 2. The number of hydrogen-bond donors (Lipinski definition) is 1. The van der Waals surface area contributed by atoms with E-state index in [9.17, 15) is 9.59 Å². The molecule has 0 aromatic heterocycles. The van der Waals surface area contributed by atoms with Gasteiger partial charge in [-0.05, 0) is 67.0 Å². The van der Waals surface area contributed by atoms with Gasteiger partial charge in [0.05, 0.1) is 18.9 Å². The van der Waals surface area contributed by atoms with Gasteiger partial charge < -0.3 is 9.64 Å². The Morgan fingerprint density at radius 2 is 1.77 bits per heavy atom. The fraction of sp³-hybridized carbons (Fsp3) is 0.261. The van der Waals surface area contributed by atoms with E-state index >= 15 is 0 Å². The van der Waals surface area contributed by atoms with Crippen molar-refractivity contribution < 1.29 is 14.3 Å². The lowest BCUT2D eigenvalue weighted by atomic mass is 10.0. The van der Waals surface area contributed by atoms with Gasteiger partial charge >= 0.3 is 0 Å². The maximum absolute atomic E-state index is 13.2. The number of amides is 2. The highest BCUT2D eigenvalue weighted by Gasteiger charge is 2.35. The second-order valence-corrected chi connectivity index (χ2v) is 7.77. The molecule has 0 atom stereocenters. The third-order valence-electron chi connectivity index (χ3n) is 5.39. The Kier molecular flexibility index (Phi) is 5.65. The average molecular weight is 422 g/mol. The first-order valence-corrected chi connectivity index (χ1v) is 10.3. The van der Waals surface area contributed by atoms with Crippen LogP contribution in [0.15, 0.2) is 48.0 Å². The van der Waals surface area contributed by atoms with Gasteiger partial charge in [0.25, 0.3) is 11.8 Å². The maximum atomic E-state index is 13.2. The molecule has 2 saturated heterocycles. The van der Waals surface area contributed by atoms with Gasteiger partial charge in [-0.25, -0.2) is 0 Å². The average Bonchev–Trinajstić information content (AvgIpc) is 2.74. The van der Waals surface area contributed by atoms with Crippen LogP contribution in [0.3, 0.4) is 0 Å². The van der Waals surface area contributed by atoms with E-state index in [0.29, 0.717) is 18.9 Å². The summed E-state index contributed by atoms with van der Waals surface area (Å²) in [7, 11) is 0. The first kappa shape index (κ1) is 20.3. The number of ether oxygens (including phenoxy) is 1.